The highest BCUT2D eigenvalue weighted by atomic mass is 35.5. The molecule has 0 spiro atoms. The zero-order valence-electron chi connectivity index (χ0n) is 15.8. The third-order valence-electron chi connectivity index (χ3n) is 5.32. The Hall–Kier alpha value is -1.83. The minimum Gasteiger partial charge on any atom is -0.381 e. The molecule has 0 saturated carbocycles. The first-order valence-corrected chi connectivity index (χ1v) is 9.98. The van der Waals surface area contributed by atoms with Gasteiger partial charge in [0.2, 0.25) is 0 Å². The van der Waals surface area contributed by atoms with Crippen LogP contribution >= 0.6 is 11.6 Å². The predicted octanol–water partition coefficient (Wildman–Crippen LogP) is 1.72. The van der Waals surface area contributed by atoms with Crippen LogP contribution in [0.15, 0.2) is 29.5 Å². The molecule has 2 fully saturated rings. The topological polar surface area (TPSA) is 57.4 Å². The van der Waals surface area contributed by atoms with Crippen molar-refractivity contribution in [2.24, 2.45) is 10.9 Å². The van der Waals surface area contributed by atoms with Gasteiger partial charge in [-0.2, -0.15) is 0 Å². The number of halogens is 1. The normalized spacial score (nSPS) is 21.9. The summed E-state index contributed by atoms with van der Waals surface area (Å²) in [5.74, 6) is 1.64. The van der Waals surface area contributed by atoms with E-state index in [0.717, 1.165) is 63.2 Å². The molecule has 2 aliphatic heterocycles. The van der Waals surface area contributed by atoms with Crippen molar-refractivity contribution in [1.82, 2.24) is 24.5 Å². The summed E-state index contributed by atoms with van der Waals surface area (Å²) in [6.07, 6.45) is 5.08. The summed E-state index contributed by atoms with van der Waals surface area (Å²) in [6.45, 7) is 7.79. The maximum atomic E-state index is 6.04. The maximum Gasteiger partial charge on any atom is 0.194 e. The van der Waals surface area contributed by atoms with Crippen LogP contribution in [0.2, 0.25) is 5.02 Å². The summed E-state index contributed by atoms with van der Waals surface area (Å²) >= 11 is 6.04. The van der Waals surface area contributed by atoms with Gasteiger partial charge in [0.05, 0.1) is 23.9 Å². The molecule has 1 unspecified atom stereocenters. The lowest BCUT2D eigenvalue weighted by Crippen LogP contribution is -2.53. The van der Waals surface area contributed by atoms with Gasteiger partial charge < -0.3 is 19.4 Å². The standard InChI is InChI=1S/C19H27ClN6O/c1-21-19(22-10-17-13-26-12-16(20)2-3-18(26)23-17)25-7-5-24(6-8-25)11-15-4-9-27-14-15/h2-3,12-13,15H,4-11,14H2,1H3,(H,21,22). The average molecular weight is 391 g/mol. The fourth-order valence-electron chi connectivity index (χ4n) is 3.84. The second-order valence-electron chi connectivity index (χ2n) is 7.26. The predicted molar refractivity (Wildman–Crippen MR) is 107 cm³/mol. The van der Waals surface area contributed by atoms with E-state index in [9.17, 15) is 0 Å². The number of fused-ring (bicyclic) bond motifs is 1. The summed E-state index contributed by atoms with van der Waals surface area (Å²) in [4.78, 5) is 14.0. The molecule has 4 heterocycles. The molecule has 2 saturated heterocycles. The molecule has 1 N–H and O–H groups in total. The first-order chi connectivity index (χ1) is 13.2. The molecule has 8 heteroatoms. The van der Waals surface area contributed by atoms with Crippen LogP contribution < -0.4 is 5.32 Å². The third-order valence-corrected chi connectivity index (χ3v) is 5.54. The lowest BCUT2D eigenvalue weighted by Gasteiger charge is -2.37. The SMILES string of the molecule is CN=C(NCc1cn2cc(Cl)ccc2n1)N1CCN(CC2CCOC2)CC1. The Kier molecular flexibility index (Phi) is 5.80. The molecular formula is C19H27ClN6O. The zero-order valence-corrected chi connectivity index (χ0v) is 16.5. The van der Waals surface area contributed by atoms with Crippen LogP contribution in [0.25, 0.3) is 5.65 Å². The lowest BCUT2D eigenvalue weighted by molar-refractivity contribution is 0.139. The number of pyridine rings is 1. The van der Waals surface area contributed by atoms with Gasteiger partial charge in [0.1, 0.15) is 5.65 Å². The van der Waals surface area contributed by atoms with Gasteiger partial charge in [-0.25, -0.2) is 4.98 Å². The molecule has 1 atom stereocenters. The number of aromatic nitrogens is 2. The number of rotatable bonds is 4. The monoisotopic (exact) mass is 390 g/mol. The summed E-state index contributed by atoms with van der Waals surface area (Å²) in [5, 5.41) is 4.15. The van der Waals surface area contributed by atoms with Crippen molar-refractivity contribution >= 4 is 23.2 Å². The molecule has 7 nitrogen and oxygen atoms in total. The van der Waals surface area contributed by atoms with Crippen LogP contribution in [0.1, 0.15) is 12.1 Å². The van der Waals surface area contributed by atoms with Crippen molar-refractivity contribution in [1.29, 1.82) is 0 Å². The van der Waals surface area contributed by atoms with E-state index in [0.29, 0.717) is 17.5 Å². The molecule has 27 heavy (non-hydrogen) atoms. The molecule has 0 aliphatic carbocycles. The number of ether oxygens (including phenoxy) is 1. The molecule has 2 aromatic heterocycles. The van der Waals surface area contributed by atoms with E-state index < -0.39 is 0 Å². The summed E-state index contributed by atoms with van der Waals surface area (Å²) in [7, 11) is 1.84. The van der Waals surface area contributed by atoms with E-state index >= 15 is 0 Å². The molecule has 0 aromatic carbocycles. The fraction of sp³-hybridized carbons (Fsp3) is 0.579. The van der Waals surface area contributed by atoms with Gasteiger partial charge in [-0.15, -0.1) is 0 Å². The smallest absolute Gasteiger partial charge is 0.194 e. The molecular weight excluding hydrogens is 364 g/mol. The Bertz CT molecular complexity index is 793. The second kappa shape index (κ2) is 8.46. The number of nitrogens with zero attached hydrogens (tertiary/aromatic N) is 5. The number of piperazine rings is 1. The van der Waals surface area contributed by atoms with E-state index in [1.54, 1.807) is 0 Å². The zero-order chi connectivity index (χ0) is 18.6. The van der Waals surface area contributed by atoms with Gasteiger partial charge in [0.25, 0.3) is 0 Å². The molecule has 0 amide bonds. The van der Waals surface area contributed by atoms with Gasteiger partial charge >= 0.3 is 0 Å². The Balaban J connectivity index is 1.28. The van der Waals surface area contributed by atoms with E-state index in [2.05, 4.69) is 25.1 Å². The summed E-state index contributed by atoms with van der Waals surface area (Å²) in [6, 6.07) is 3.78. The van der Waals surface area contributed by atoms with Crippen molar-refractivity contribution in [3.63, 3.8) is 0 Å². The molecule has 2 aliphatic rings. The maximum absolute atomic E-state index is 6.04. The van der Waals surface area contributed by atoms with E-state index in [-0.39, 0.29) is 0 Å². The first kappa shape index (κ1) is 18.5. The van der Waals surface area contributed by atoms with Crippen LogP contribution in [0.3, 0.4) is 0 Å². The summed E-state index contributed by atoms with van der Waals surface area (Å²) in [5.41, 5.74) is 1.87. The number of imidazole rings is 1. The van der Waals surface area contributed by atoms with Gasteiger partial charge in [-0.3, -0.25) is 9.89 Å². The highest BCUT2D eigenvalue weighted by Gasteiger charge is 2.24. The Morgan fingerprint density at radius 3 is 2.89 bits per heavy atom. The molecule has 2 aromatic rings. The van der Waals surface area contributed by atoms with Crippen LogP contribution in [0.4, 0.5) is 0 Å². The minimum absolute atomic E-state index is 0.644. The van der Waals surface area contributed by atoms with E-state index in [1.165, 1.54) is 6.42 Å². The number of hydrogen-bond acceptors (Lipinski definition) is 4. The van der Waals surface area contributed by atoms with Crippen molar-refractivity contribution in [3.05, 3.63) is 35.2 Å². The van der Waals surface area contributed by atoms with Crippen molar-refractivity contribution < 1.29 is 4.74 Å². The molecule has 0 radical (unpaired) electrons. The molecule has 4 rings (SSSR count). The minimum atomic E-state index is 0.644. The quantitative estimate of drug-likeness (QED) is 0.636. The van der Waals surface area contributed by atoms with E-state index in [4.69, 9.17) is 16.3 Å². The summed E-state index contributed by atoms with van der Waals surface area (Å²) < 4.78 is 7.45. The van der Waals surface area contributed by atoms with Crippen LogP contribution in [0, 0.1) is 5.92 Å². The molecule has 146 valence electrons. The lowest BCUT2D eigenvalue weighted by atomic mass is 10.1. The number of hydrogen-bond donors (Lipinski definition) is 1. The Labute approximate surface area is 165 Å². The van der Waals surface area contributed by atoms with Gasteiger partial charge in [-0.05, 0) is 24.5 Å². The van der Waals surface area contributed by atoms with Crippen molar-refractivity contribution in [2.75, 3.05) is 53.0 Å². The highest BCUT2D eigenvalue weighted by molar-refractivity contribution is 6.30. The number of guanidine groups is 1. The Morgan fingerprint density at radius 2 is 2.15 bits per heavy atom. The first-order valence-electron chi connectivity index (χ1n) is 9.60. The van der Waals surface area contributed by atoms with Gasteiger partial charge in [0.15, 0.2) is 5.96 Å². The van der Waals surface area contributed by atoms with E-state index in [1.807, 2.05) is 36.0 Å². The fourth-order valence-corrected chi connectivity index (χ4v) is 4.01. The average Bonchev–Trinajstić information content (AvgIpc) is 3.32. The van der Waals surface area contributed by atoms with Crippen LogP contribution in [-0.4, -0.2) is 78.1 Å². The largest absolute Gasteiger partial charge is 0.381 e. The molecule has 0 bridgehead atoms. The second-order valence-corrected chi connectivity index (χ2v) is 7.70. The van der Waals surface area contributed by atoms with Crippen LogP contribution in [-0.2, 0) is 11.3 Å². The van der Waals surface area contributed by atoms with Crippen LogP contribution in [0.5, 0.6) is 0 Å². The highest BCUT2D eigenvalue weighted by Crippen LogP contribution is 2.15. The van der Waals surface area contributed by atoms with Gasteiger partial charge in [-0.1, -0.05) is 11.6 Å². The van der Waals surface area contributed by atoms with Gasteiger partial charge in [0, 0.05) is 58.8 Å². The third kappa shape index (κ3) is 4.54. The number of aliphatic imine (C=N–C) groups is 1. The Morgan fingerprint density at radius 1 is 1.30 bits per heavy atom. The van der Waals surface area contributed by atoms with Crippen molar-refractivity contribution in [2.45, 2.75) is 13.0 Å². The number of nitrogens with one attached hydrogen (secondary N) is 1. The van der Waals surface area contributed by atoms with Crippen molar-refractivity contribution in [3.8, 4) is 0 Å².